The van der Waals surface area contributed by atoms with Crippen molar-refractivity contribution >= 4 is 21.7 Å². The number of ketones is 1. The Morgan fingerprint density at radius 1 is 1.42 bits per heavy atom. The molecule has 0 N–H and O–H groups in total. The fraction of sp³-hybridized carbons (Fsp3) is 0.357. The highest BCUT2D eigenvalue weighted by atomic mass is 79.9. The third-order valence-corrected chi connectivity index (χ3v) is 4.03. The number of Topliss-reactive ketones (excluding diaryl/α,β-unsaturated/α-hetero) is 1. The number of halogens is 1. The van der Waals surface area contributed by atoms with Crippen LogP contribution in [-0.4, -0.2) is 20.5 Å². The van der Waals surface area contributed by atoms with Gasteiger partial charge in [0, 0.05) is 24.0 Å². The third kappa shape index (κ3) is 2.92. The van der Waals surface area contributed by atoms with Crippen LogP contribution in [0, 0.1) is 13.8 Å². The Labute approximate surface area is 121 Å². The van der Waals surface area contributed by atoms with E-state index in [1.54, 1.807) is 12.3 Å². The van der Waals surface area contributed by atoms with Crippen LogP contribution in [0.15, 0.2) is 22.8 Å². The second-order valence-electron chi connectivity index (χ2n) is 4.45. The van der Waals surface area contributed by atoms with E-state index >= 15 is 0 Å². The normalized spacial score (nSPS) is 10.7. The largest absolute Gasteiger partial charge is 0.294 e. The summed E-state index contributed by atoms with van der Waals surface area (Å²) in [7, 11) is 0. The Morgan fingerprint density at radius 2 is 2.16 bits per heavy atom. The van der Waals surface area contributed by atoms with Gasteiger partial charge in [0.15, 0.2) is 5.78 Å². The van der Waals surface area contributed by atoms with Crippen molar-refractivity contribution in [1.29, 1.82) is 0 Å². The van der Waals surface area contributed by atoms with Gasteiger partial charge in [-0.15, -0.1) is 0 Å². The SMILES string of the molecule is CCn1nc(C)c(Br)c1CC(=O)c1ccnc(C)c1. The van der Waals surface area contributed by atoms with E-state index in [1.807, 2.05) is 31.5 Å². The van der Waals surface area contributed by atoms with Gasteiger partial charge in [-0.1, -0.05) is 0 Å². The van der Waals surface area contributed by atoms with Crippen molar-refractivity contribution in [2.24, 2.45) is 0 Å². The monoisotopic (exact) mass is 321 g/mol. The zero-order valence-electron chi connectivity index (χ0n) is 11.3. The summed E-state index contributed by atoms with van der Waals surface area (Å²) < 4.78 is 2.79. The quantitative estimate of drug-likeness (QED) is 0.813. The van der Waals surface area contributed by atoms with Crippen LogP contribution in [0.1, 0.15) is 34.4 Å². The average Bonchev–Trinajstić information content (AvgIpc) is 2.66. The molecular formula is C14H16BrN3O. The molecule has 0 atom stereocenters. The van der Waals surface area contributed by atoms with Gasteiger partial charge in [0.25, 0.3) is 0 Å². The molecule has 0 saturated heterocycles. The molecule has 0 bridgehead atoms. The van der Waals surface area contributed by atoms with Gasteiger partial charge in [-0.25, -0.2) is 0 Å². The lowest BCUT2D eigenvalue weighted by molar-refractivity contribution is 0.0990. The van der Waals surface area contributed by atoms with Crippen molar-refractivity contribution in [2.75, 3.05) is 0 Å². The molecule has 0 spiro atoms. The summed E-state index contributed by atoms with van der Waals surface area (Å²) in [5, 5.41) is 4.40. The Hall–Kier alpha value is -1.49. The molecule has 2 aromatic rings. The van der Waals surface area contributed by atoms with Crippen LogP contribution in [0.5, 0.6) is 0 Å². The zero-order chi connectivity index (χ0) is 14.0. The molecule has 0 unspecified atom stereocenters. The first kappa shape index (κ1) is 13.9. The van der Waals surface area contributed by atoms with Gasteiger partial charge in [0.1, 0.15) is 0 Å². The first-order valence-corrected chi connectivity index (χ1v) is 6.99. The predicted octanol–water partition coefficient (Wildman–Crippen LogP) is 3.10. The third-order valence-electron chi connectivity index (χ3n) is 3.00. The molecule has 4 nitrogen and oxygen atoms in total. The Morgan fingerprint density at radius 3 is 2.79 bits per heavy atom. The van der Waals surface area contributed by atoms with Gasteiger partial charge in [-0.05, 0) is 48.8 Å². The van der Waals surface area contributed by atoms with Gasteiger partial charge in [0.2, 0.25) is 0 Å². The molecule has 0 amide bonds. The Bertz CT molecular complexity index is 619. The van der Waals surface area contributed by atoms with Gasteiger partial charge < -0.3 is 0 Å². The van der Waals surface area contributed by atoms with Crippen molar-refractivity contribution in [2.45, 2.75) is 33.7 Å². The molecular weight excluding hydrogens is 306 g/mol. The second kappa shape index (κ2) is 5.65. The lowest BCUT2D eigenvalue weighted by Gasteiger charge is -2.05. The molecule has 5 heteroatoms. The van der Waals surface area contributed by atoms with Crippen LogP contribution in [0.3, 0.4) is 0 Å². The summed E-state index contributed by atoms with van der Waals surface area (Å²) in [6, 6.07) is 3.57. The molecule has 100 valence electrons. The molecule has 0 saturated carbocycles. The van der Waals surface area contributed by atoms with Crippen molar-refractivity contribution in [3.8, 4) is 0 Å². The summed E-state index contributed by atoms with van der Waals surface area (Å²) in [6.07, 6.45) is 2.01. The standard InChI is InChI=1S/C14H16BrN3O/c1-4-18-12(14(15)10(3)17-18)8-13(19)11-5-6-16-9(2)7-11/h5-7H,4,8H2,1-3H3. The van der Waals surface area contributed by atoms with Crippen LogP contribution in [0.4, 0.5) is 0 Å². The van der Waals surface area contributed by atoms with Crippen LogP contribution >= 0.6 is 15.9 Å². The minimum absolute atomic E-state index is 0.0841. The van der Waals surface area contributed by atoms with Crippen LogP contribution in [0.25, 0.3) is 0 Å². The maximum Gasteiger partial charge on any atom is 0.168 e. The molecule has 2 rings (SSSR count). The summed E-state index contributed by atoms with van der Waals surface area (Å²) in [4.78, 5) is 16.4. The number of aromatic nitrogens is 3. The second-order valence-corrected chi connectivity index (χ2v) is 5.24. The van der Waals surface area contributed by atoms with Gasteiger partial charge >= 0.3 is 0 Å². The number of rotatable bonds is 4. The van der Waals surface area contributed by atoms with Crippen molar-refractivity contribution in [1.82, 2.24) is 14.8 Å². The highest BCUT2D eigenvalue weighted by molar-refractivity contribution is 9.10. The first-order chi connectivity index (χ1) is 9.02. The van der Waals surface area contributed by atoms with Crippen LogP contribution in [0.2, 0.25) is 0 Å². The van der Waals surface area contributed by atoms with Crippen LogP contribution < -0.4 is 0 Å². The van der Waals surface area contributed by atoms with E-state index < -0.39 is 0 Å². The summed E-state index contributed by atoms with van der Waals surface area (Å²) in [6.45, 7) is 6.59. The topological polar surface area (TPSA) is 47.8 Å². The summed E-state index contributed by atoms with van der Waals surface area (Å²) in [5.41, 5.74) is 3.39. The van der Waals surface area contributed by atoms with Gasteiger partial charge in [0.05, 0.1) is 22.3 Å². The zero-order valence-corrected chi connectivity index (χ0v) is 12.9. The minimum atomic E-state index is 0.0841. The van der Waals surface area contributed by atoms with E-state index in [4.69, 9.17) is 0 Å². The minimum Gasteiger partial charge on any atom is -0.294 e. The fourth-order valence-electron chi connectivity index (χ4n) is 2.01. The van der Waals surface area contributed by atoms with Gasteiger partial charge in [-0.2, -0.15) is 5.10 Å². The number of aryl methyl sites for hydroxylation is 3. The lowest BCUT2D eigenvalue weighted by atomic mass is 10.1. The maximum atomic E-state index is 12.3. The smallest absolute Gasteiger partial charge is 0.168 e. The summed E-state index contributed by atoms with van der Waals surface area (Å²) in [5.74, 6) is 0.0841. The highest BCUT2D eigenvalue weighted by Crippen LogP contribution is 2.22. The van der Waals surface area contributed by atoms with E-state index in [0.717, 1.165) is 28.1 Å². The highest BCUT2D eigenvalue weighted by Gasteiger charge is 2.16. The number of nitrogens with zero attached hydrogens (tertiary/aromatic N) is 3. The van der Waals surface area contributed by atoms with Crippen LogP contribution in [-0.2, 0) is 13.0 Å². The molecule has 2 aromatic heterocycles. The van der Waals surface area contributed by atoms with E-state index in [2.05, 4.69) is 26.0 Å². The predicted molar refractivity (Wildman–Crippen MR) is 77.3 cm³/mol. The van der Waals surface area contributed by atoms with Crippen molar-refractivity contribution in [3.05, 3.63) is 45.4 Å². The number of hydrogen-bond donors (Lipinski definition) is 0. The lowest BCUT2D eigenvalue weighted by Crippen LogP contribution is -2.10. The molecule has 0 aromatic carbocycles. The number of carbonyl (C=O) groups is 1. The molecule has 0 aliphatic carbocycles. The van der Waals surface area contributed by atoms with Gasteiger partial charge in [-0.3, -0.25) is 14.5 Å². The Kier molecular flexibility index (Phi) is 4.14. The molecule has 0 aliphatic rings. The number of carbonyl (C=O) groups excluding carboxylic acids is 1. The number of hydrogen-bond acceptors (Lipinski definition) is 3. The molecule has 0 radical (unpaired) electrons. The maximum absolute atomic E-state index is 12.3. The molecule has 0 aliphatic heterocycles. The molecule has 0 fully saturated rings. The van der Waals surface area contributed by atoms with Crippen molar-refractivity contribution < 1.29 is 4.79 Å². The summed E-state index contributed by atoms with van der Waals surface area (Å²) >= 11 is 3.51. The number of pyridine rings is 1. The van der Waals surface area contributed by atoms with Crippen molar-refractivity contribution in [3.63, 3.8) is 0 Å². The average molecular weight is 322 g/mol. The molecule has 2 heterocycles. The van der Waals surface area contributed by atoms with E-state index in [-0.39, 0.29) is 5.78 Å². The Balaban J connectivity index is 2.29. The first-order valence-electron chi connectivity index (χ1n) is 6.20. The fourth-order valence-corrected chi connectivity index (χ4v) is 2.44. The van der Waals surface area contributed by atoms with E-state index in [9.17, 15) is 4.79 Å². The van der Waals surface area contributed by atoms with E-state index in [0.29, 0.717) is 12.0 Å². The van der Waals surface area contributed by atoms with E-state index in [1.165, 1.54) is 0 Å². The molecule has 19 heavy (non-hydrogen) atoms.